The van der Waals surface area contributed by atoms with E-state index in [0.29, 0.717) is 0 Å². The van der Waals surface area contributed by atoms with Crippen molar-refractivity contribution in [3.63, 3.8) is 0 Å². The highest BCUT2D eigenvalue weighted by Gasteiger charge is 2.21. The van der Waals surface area contributed by atoms with Gasteiger partial charge in [0.25, 0.3) is 0 Å². The summed E-state index contributed by atoms with van der Waals surface area (Å²) in [6.07, 6.45) is 0. The van der Waals surface area contributed by atoms with Crippen LogP contribution in [-0.4, -0.2) is 42.9 Å². The van der Waals surface area contributed by atoms with E-state index < -0.39 is 0 Å². The van der Waals surface area contributed by atoms with Crippen molar-refractivity contribution < 1.29 is 4.79 Å². The second-order valence-electron chi connectivity index (χ2n) is 4.43. The topological polar surface area (TPSA) is 23.6 Å². The Morgan fingerprint density at radius 3 is 2.56 bits per heavy atom. The molecule has 3 nitrogen and oxygen atoms in total. The van der Waals surface area contributed by atoms with Gasteiger partial charge in [0.05, 0.1) is 0 Å². The molecule has 0 bridgehead atoms. The number of hydrogen-bond donors (Lipinski definition) is 0. The van der Waals surface area contributed by atoms with Crippen LogP contribution in [0.3, 0.4) is 0 Å². The van der Waals surface area contributed by atoms with Crippen LogP contribution in [0.2, 0.25) is 5.02 Å². The van der Waals surface area contributed by atoms with E-state index >= 15 is 0 Å². The summed E-state index contributed by atoms with van der Waals surface area (Å²) in [7, 11) is 0. The normalized spacial score (nSPS) is 15.9. The Labute approximate surface area is 117 Å². The highest BCUT2D eigenvalue weighted by Crippen LogP contribution is 2.25. The molecule has 1 aromatic rings. The van der Waals surface area contributed by atoms with Crippen LogP contribution < -0.4 is 4.90 Å². The fourth-order valence-corrected chi connectivity index (χ4v) is 2.54. The third kappa shape index (κ3) is 2.90. The van der Waals surface area contributed by atoms with E-state index in [1.165, 1.54) is 5.56 Å². The number of benzene rings is 1. The van der Waals surface area contributed by atoms with Gasteiger partial charge in [-0.2, -0.15) is 0 Å². The van der Waals surface area contributed by atoms with Gasteiger partial charge in [-0.25, -0.2) is 0 Å². The van der Waals surface area contributed by atoms with Gasteiger partial charge in [0.15, 0.2) is 0 Å². The van der Waals surface area contributed by atoms with Crippen molar-refractivity contribution in [2.45, 2.75) is 6.92 Å². The van der Waals surface area contributed by atoms with Crippen LogP contribution in [0.4, 0.5) is 5.69 Å². The summed E-state index contributed by atoms with van der Waals surface area (Å²) >= 11 is 11.6. The number of alkyl halides is 1. The second-order valence-corrected chi connectivity index (χ2v) is 5.14. The molecule has 1 heterocycles. The van der Waals surface area contributed by atoms with Crippen molar-refractivity contribution in [1.29, 1.82) is 0 Å². The standard InChI is InChI=1S/C13H16Cl2N2O/c1-10-2-3-11(15)8-12(10)16-4-6-17(7-5-16)13(18)9-14/h2-3,8H,4-7,9H2,1H3. The largest absolute Gasteiger partial charge is 0.368 e. The maximum atomic E-state index is 11.5. The van der Waals surface area contributed by atoms with Crippen LogP contribution in [0.5, 0.6) is 0 Å². The van der Waals surface area contributed by atoms with Crippen molar-refractivity contribution in [1.82, 2.24) is 4.90 Å². The number of anilines is 1. The zero-order chi connectivity index (χ0) is 13.1. The van der Waals surface area contributed by atoms with Crippen LogP contribution in [0.1, 0.15) is 5.56 Å². The van der Waals surface area contributed by atoms with Crippen molar-refractivity contribution in [3.8, 4) is 0 Å². The summed E-state index contributed by atoms with van der Waals surface area (Å²) < 4.78 is 0. The molecule has 1 aliphatic rings. The minimum absolute atomic E-state index is 0.0131. The van der Waals surface area contributed by atoms with Gasteiger partial charge in [-0.15, -0.1) is 11.6 Å². The number of hydrogen-bond acceptors (Lipinski definition) is 2. The second kappa shape index (κ2) is 5.81. The summed E-state index contributed by atoms with van der Waals surface area (Å²) in [4.78, 5) is 15.6. The summed E-state index contributed by atoms with van der Waals surface area (Å²) in [6, 6.07) is 5.90. The smallest absolute Gasteiger partial charge is 0.237 e. The molecule has 0 N–H and O–H groups in total. The third-order valence-electron chi connectivity index (χ3n) is 3.26. The van der Waals surface area contributed by atoms with Gasteiger partial charge in [0.2, 0.25) is 5.91 Å². The van der Waals surface area contributed by atoms with E-state index in [-0.39, 0.29) is 11.8 Å². The zero-order valence-electron chi connectivity index (χ0n) is 10.3. The van der Waals surface area contributed by atoms with Crippen molar-refractivity contribution >= 4 is 34.8 Å². The van der Waals surface area contributed by atoms with E-state index in [0.717, 1.165) is 36.9 Å². The number of nitrogens with zero attached hydrogens (tertiary/aromatic N) is 2. The first-order chi connectivity index (χ1) is 8.61. The Bertz CT molecular complexity index is 443. The number of halogens is 2. The van der Waals surface area contributed by atoms with Crippen LogP contribution in [-0.2, 0) is 4.79 Å². The molecule has 0 aliphatic carbocycles. The number of aryl methyl sites for hydroxylation is 1. The molecule has 18 heavy (non-hydrogen) atoms. The first kappa shape index (κ1) is 13.5. The number of amides is 1. The molecule has 1 amide bonds. The van der Waals surface area contributed by atoms with E-state index in [1.807, 2.05) is 23.1 Å². The van der Waals surface area contributed by atoms with Gasteiger partial charge < -0.3 is 9.80 Å². The molecule has 1 aromatic carbocycles. The Hall–Kier alpha value is -0.930. The molecular formula is C13H16Cl2N2O. The maximum Gasteiger partial charge on any atom is 0.237 e. The first-order valence-electron chi connectivity index (χ1n) is 5.96. The average molecular weight is 287 g/mol. The third-order valence-corrected chi connectivity index (χ3v) is 3.72. The molecule has 1 aliphatic heterocycles. The lowest BCUT2D eigenvalue weighted by Crippen LogP contribution is -2.49. The molecule has 0 atom stereocenters. The maximum absolute atomic E-state index is 11.5. The highest BCUT2D eigenvalue weighted by molar-refractivity contribution is 6.30. The summed E-state index contributed by atoms with van der Waals surface area (Å²) in [6.45, 7) is 5.16. The van der Waals surface area contributed by atoms with Crippen LogP contribution in [0.15, 0.2) is 18.2 Å². The average Bonchev–Trinajstić information content (AvgIpc) is 2.41. The van der Waals surface area contributed by atoms with Gasteiger partial charge in [-0.05, 0) is 24.6 Å². The summed E-state index contributed by atoms with van der Waals surface area (Å²) in [5.41, 5.74) is 2.36. The summed E-state index contributed by atoms with van der Waals surface area (Å²) in [5, 5.41) is 0.745. The number of carbonyl (C=O) groups is 1. The van der Waals surface area contributed by atoms with Crippen molar-refractivity contribution in [2.75, 3.05) is 37.0 Å². The molecule has 2 rings (SSSR count). The summed E-state index contributed by atoms with van der Waals surface area (Å²) in [5.74, 6) is 0.0788. The van der Waals surface area contributed by atoms with Crippen LogP contribution in [0, 0.1) is 6.92 Å². The van der Waals surface area contributed by atoms with Gasteiger partial charge in [0.1, 0.15) is 5.88 Å². The van der Waals surface area contributed by atoms with Gasteiger partial charge in [-0.1, -0.05) is 17.7 Å². The van der Waals surface area contributed by atoms with Gasteiger partial charge in [0, 0.05) is 36.9 Å². The zero-order valence-corrected chi connectivity index (χ0v) is 11.8. The van der Waals surface area contributed by atoms with Crippen LogP contribution in [0.25, 0.3) is 0 Å². The number of carbonyl (C=O) groups excluding carboxylic acids is 1. The molecule has 1 fully saturated rings. The van der Waals surface area contributed by atoms with E-state index in [1.54, 1.807) is 0 Å². The Morgan fingerprint density at radius 1 is 1.28 bits per heavy atom. The lowest BCUT2D eigenvalue weighted by molar-refractivity contribution is -0.128. The van der Waals surface area contributed by atoms with Gasteiger partial charge in [-0.3, -0.25) is 4.79 Å². The highest BCUT2D eigenvalue weighted by atomic mass is 35.5. The van der Waals surface area contributed by atoms with E-state index in [4.69, 9.17) is 23.2 Å². The predicted octanol–water partition coefficient (Wildman–Crippen LogP) is 2.54. The van der Waals surface area contributed by atoms with E-state index in [2.05, 4.69) is 11.8 Å². The number of rotatable bonds is 2. The SMILES string of the molecule is Cc1ccc(Cl)cc1N1CCN(C(=O)CCl)CC1. The molecule has 98 valence electrons. The van der Waals surface area contributed by atoms with Crippen molar-refractivity contribution in [2.24, 2.45) is 0 Å². The predicted molar refractivity (Wildman–Crippen MR) is 75.7 cm³/mol. The molecular weight excluding hydrogens is 271 g/mol. The lowest BCUT2D eigenvalue weighted by Gasteiger charge is -2.36. The molecule has 5 heteroatoms. The lowest BCUT2D eigenvalue weighted by atomic mass is 10.1. The van der Waals surface area contributed by atoms with Gasteiger partial charge >= 0.3 is 0 Å². The quantitative estimate of drug-likeness (QED) is 0.780. The Balaban J connectivity index is 2.05. The van der Waals surface area contributed by atoms with E-state index in [9.17, 15) is 4.79 Å². The van der Waals surface area contributed by atoms with Crippen molar-refractivity contribution in [3.05, 3.63) is 28.8 Å². The molecule has 1 saturated heterocycles. The fourth-order valence-electron chi connectivity index (χ4n) is 2.20. The molecule has 0 aromatic heterocycles. The molecule has 0 unspecified atom stereocenters. The monoisotopic (exact) mass is 286 g/mol. The minimum atomic E-state index is 0.0131. The molecule has 0 spiro atoms. The Kier molecular flexibility index (Phi) is 4.36. The first-order valence-corrected chi connectivity index (χ1v) is 6.88. The molecule has 0 radical (unpaired) electrons. The number of piperazine rings is 1. The fraction of sp³-hybridized carbons (Fsp3) is 0.462. The minimum Gasteiger partial charge on any atom is -0.368 e. The Morgan fingerprint density at radius 2 is 1.94 bits per heavy atom. The van der Waals surface area contributed by atoms with Crippen LogP contribution >= 0.6 is 23.2 Å². The molecule has 0 saturated carbocycles.